The summed E-state index contributed by atoms with van der Waals surface area (Å²) in [6.45, 7) is -2.77. The number of aliphatic hydroxyl groups excluding tert-OH is 1. The van der Waals surface area contributed by atoms with E-state index in [-0.39, 0.29) is 30.9 Å². The molecule has 1 unspecified atom stereocenters. The molecule has 1 aliphatic rings. The number of hydrogen-bond donors (Lipinski definition) is 3. The van der Waals surface area contributed by atoms with E-state index < -0.39 is 48.9 Å². The number of hydrogen-bond acceptors (Lipinski definition) is 7. The van der Waals surface area contributed by atoms with Crippen molar-refractivity contribution in [1.29, 1.82) is 5.26 Å². The average Bonchev–Trinajstić information content (AvgIpc) is 3.22. The number of aliphatic hydroxyl groups is 1. The Balaban J connectivity index is 1.81. The van der Waals surface area contributed by atoms with Crippen LogP contribution in [0.3, 0.4) is 0 Å². The fraction of sp³-hybridized carbons (Fsp3) is 0.400. The lowest BCUT2D eigenvalue weighted by Crippen LogP contribution is -2.45. The minimum atomic E-state index is -3.57. The van der Waals surface area contributed by atoms with Crippen LogP contribution in [0, 0.1) is 23.1 Å². The Morgan fingerprint density at radius 1 is 1.36 bits per heavy atom. The van der Waals surface area contributed by atoms with Gasteiger partial charge in [-0.3, -0.25) is 9.48 Å². The third-order valence-corrected chi connectivity index (χ3v) is 5.09. The summed E-state index contributed by atoms with van der Waals surface area (Å²) >= 11 is 0. The first-order valence-corrected chi connectivity index (χ1v) is 9.85. The van der Waals surface area contributed by atoms with Crippen molar-refractivity contribution in [3.63, 3.8) is 0 Å². The van der Waals surface area contributed by atoms with Gasteiger partial charge in [-0.2, -0.15) is 10.4 Å². The first kappa shape index (κ1) is 23.9. The third-order valence-electron chi connectivity index (χ3n) is 5.09. The van der Waals surface area contributed by atoms with Crippen molar-refractivity contribution in [3.05, 3.63) is 41.8 Å². The maximum Gasteiger partial charge on any atom is 0.410 e. The zero-order valence-electron chi connectivity index (χ0n) is 17.2. The maximum absolute atomic E-state index is 13.2. The summed E-state index contributed by atoms with van der Waals surface area (Å²) in [5, 5.41) is 25.3. The molecule has 1 aromatic carbocycles. The largest absolute Gasteiger partial charge is 0.443 e. The molecular weight excluding hydrogens is 445 g/mol. The summed E-state index contributed by atoms with van der Waals surface area (Å²) in [7, 11) is 0. The van der Waals surface area contributed by atoms with Gasteiger partial charge in [0.15, 0.2) is 12.4 Å². The van der Waals surface area contributed by atoms with Gasteiger partial charge in [0.1, 0.15) is 18.0 Å². The van der Waals surface area contributed by atoms with Gasteiger partial charge in [0.25, 0.3) is 5.91 Å². The zero-order chi connectivity index (χ0) is 24.2. The molecule has 3 rings (SSSR count). The molecule has 4 N–H and O–H groups in total. The van der Waals surface area contributed by atoms with Gasteiger partial charge in [0.2, 0.25) is 0 Å². The molecule has 176 valence electrons. The van der Waals surface area contributed by atoms with Gasteiger partial charge in [0.05, 0.1) is 18.0 Å². The molecular formula is C20H21F3N6O4. The minimum absolute atomic E-state index is 0.00157. The molecule has 33 heavy (non-hydrogen) atoms. The SMILES string of the molecule is N#C[C@@H]1CCN(C(=O)OCC(F)(F)CO)CC1n1cc(C(N)=O)c(Nc2ccc(F)cc2)n1. The highest BCUT2D eigenvalue weighted by molar-refractivity contribution is 5.98. The lowest BCUT2D eigenvalue weighted by Gasteiger charge is -2.35. The van der Waals surface area contributed by atoms with Crippen molar-refractivity contribution >= 4 is 23.5 Å². The van der Waals surface area contributed by atoms with Gasteiger partial charge in [0, 0.05) is 25.0 Å². The number of aromatic nitrogens is 2. The van der Waals surface area contributed by atoms with Crippen LogP contribution in [-0.2, 0) is 4.74 Å². The smallest absolute Gasteiger partial charge is 0.410 e. The number of piperidine rings is 1. The Hall–Kier alpha value is -3.79. The number of nitrogens with two attached hydrogens (primary N) is 1. The van der Waals surface area contributed by atoms with Crippen LogP contribution in [0.15, 0.2) is 30.5 Å². The van der Waals surface area contributed by atoms with Crippen LogP contribution < -0.4 is 11.1 Å². The monoisotopic (exact) mass is 466 g/mol. The number of likely N-dealkylation sites (tertiary alicyclic amines) is 1. The molecule has 2 aromatic rings. The van der Waals surface area contributed by atoms with E-state index in [0.717, 1.165) is 4.90 Å². The molecule has 1 aliphatic heterocycles. The molecule has 0 bridgehead atoms. The van der Waals surface area contributed by atoms with Crippen LogP contribution >= 0.6 is 0 Å². The van der Waals surface area contributed by atoms with Gasteiger partial charge in [-0.15, -0.1) is 0 Å². The molecule has 13 heteroatoms. The topological polar surface area (TPSA) is 146 Å². The summed E-state index contributed by atoms with van der Waals surface area (Å²) in [4.78, 5) is 25.3. The molecule has 2 heterocycles. The molecule has 1 aromatic heterocycles. The highest BCUT2D eigenvalue weighted by atomic mass is 19.3. The summed E-state index contributed by atoms with van der Waals surface area (Å²) in [6, 6.07) is 6.67. The number of amides is 2. The molecule has 1 saturated heterocycles. The number of rotatable bonds is 7. The molecule has 0 spiro atoms. The van der Waals surface area contributed by atoms with Crippen LogP contribution in [-0.4, -0.2) is 64.0 Å². The lowest BCUT2D eigenvalue weighted by atomic mass is 9.93. The number of nitriles is 1. The second-order valence-electron chi connectivity index (χ2n) is 7.47. The van der Waals surface area contributed by atoms with E-state index in [9.17, 15) is 28.0 Å². The average molecular weight is 466 g/mol. The van der Waals surface area contributed by atoms with E-state index in [1.165, 1.54) is 35.1 Å². The predicted molar refractivity (Wildman–Crippen MR) is 108 cm³/mol. The Morgan fingerprint density at radius 2 is 2.06 bits per heavy atom. The van der Waals surface area contributed by atoms with Crippen molar-refractivity contribution in [2.75, 3.05) is 31.6 Å². The lowest BCUT2D eigenvalue weighted by molar-refractivity contribution is -0.0943. The van der Waals surface area contributed by atoms with Crippen molar-refractivity contribution in [1.82, 2.24) is 14.7 Å². The summed E-state index contributed by atoms with van der Waals surface area (Å²) in [5.41, 5.74) is 5.87. The van der Waals surface area contributed by atoms with E-state index in [1.807, 2.05) is 0 Å². The number of carbonyl (C=O) groups is 2. The van der Waals surface area contributed by atoms with Gasteiger partial charge in [-0.05, 0) is 30.7 Å². The van der Waals surface area contributed by atoms with E-state index in [0.29, 0.717) is 5.69 Å². The molecule has 2 atom stereocenters. The fourth-order valence-corrected chi connectivity index (χ4v) is 3.32. The fourth-order valence-electron chi connectivity index (χ4n) is 3.32. The first-order chi connectivity index (χ1) is 15.6. The number of benzene rings is 1. The zero-order valence-corrected chi connectivity index (χ0v) is 17.2. The maximum atomic E-state index is 13.2. The number of nitrogens with zero attached hydrogens (tertiary/aromatic N) is 4. The number of anilines is 2. The number of alkyl halides is 2. The highest BCUT2D eigenvalue weighted by Crippen LogP contribution is 2.30. The Morgan fingerprint density at radius 3 is 2.67 bits per heavy atom. The second-order valence-corrected chi connectivity index (χ2v) is 7.47. The summed E-state index contributed by atoms with van der Waals surface area (Å²) in [5.74, 6) is -5.37. The first-order valence-electron chi connectivity index (χ1n) is 9.85. The van der Waals surface area contributed by atoms with Crippen molar-refractivity contribution < 1.29 is 32.6 Å². The highest BCUT2D eigenvalue weighted by Gasteiger charge is 2.36. The van der Waals surface area contributed by atoms with Crippen molar-refractivity contribution in [3.8, 4) is 6.07 Å². The molecule has 2 amide bonds. The van der Waals surface area contributed by atoms with Crippen molar-refractivity contribution in [2.24, 2.45) is 11.7 Å². The van der Waals surface area contributed by atoms with Gasteiger partial charge in [-0.25, -0.2) is 18.0 Å². The standard InChI is InChI=1S/C20H21F3N6O4/c21-13-1-3-14(4-2-13)26-18-15(17(25)31)8-29(27-18)16-9-28(6-5-12(16)7-24)19(32)33-11-20(22,23)10-30/h1-4,8,12,16,30H,5-6,9-11H2,(H2,25,31)(H,26,27)/t12-,16?/m0/s1. The number of primary amides is 1. The Bertz CT molecular complexity index is 1050. The van der Waals surface area contributed by atoms with Crippen molar-refractivity contribution in [2.45, 2.75) is 18.4 Å². The summed E-state index contributed by atoms with van der Waals surface area (Å²) in [6.07, 6.45) is 0.494. The van der Waals surface area contributed by atoms with Crippen LogP contribution in [0.5, 0.6) is 0 Å². The number of halogens is 3. The molecule has 1 fully saturated rings. The third kappa shape index (κ3) is 5.72. The number of nitrogens with one attached hydrogen (secondary N) is 1. The van der Waals surface area contributed by atoms with Crippen LogP contribution in [0.2, 0.25) is 0 Å². The van der Waals surface area contributed by atoms with E-state index >= 15 is 0 Å². The van der Waals surface area contributed by atoms with Gasteiger partial charge in [-0.1, -0.05) is 0 Å². The quantitative estimate of drug-likeness (QED) is 0.566. The second kappa shape index (κ2) is 9.78. The molecule has 0 saturated carbocycles. The minimum Gasteiger partial charge on any atom is -0.443 e. The molecule has 10 nitrogen and oxygen atoms in total. The van der Waals surface area contributed by atoms with Crippen LogP contribution in [0.4, 0.5) is 29.5 Å². The van der Waals surface area contributed by atoms with E-state index in [1.54, 1.807) is 0 Å². The Labute approximate surface area is 186 Å². The molecule has 0 radical (unpaired) electrons. The normalized spacial score (nSPS) is 18.5. The van der Waals surface area contributed by atoms with Gasteiger partial charge >= 0.3 is 12.0 Å². The van der Waals surface area contributed by atoms with E-state index in [2.05, 4.69) is 21.2 Å². The van der Waals surface area contributed by atoms with Gasteiger partial charge < -0.3 is 25.8 Å². The van der Waals surface area contributed by atoms with E-state index in [4.69, 9.17) is 10.8 Å². The Kier molecular flexibility index (Phi) is 7.07. The van der Waals surface area contributed by atoms with Crippen LogP contribution in [0.25, 0.3) is 0 Å². The molecule has 0 aliphatic carbocycles. The predicted octanol–water partition coefficient (Wildman–Crippen LogP) is 2.02. The van der Waals surface area contributed by atoms with Crippen LogP contribution in [0.1, 0.15) is 22.8 Å². The number of ether oxygens (including phenoxy) is 1. The number of carbonyl (C=O) groups excluding carboxylic acids is 2. The summed E-state index contributed by atoms with van der Waals surface area (Å²) < 4.78 is 45.4.